The van der Waals surface area contributed by atoms with Gasteiger partial charge in [-0.15, -0.1) is 0 Å². The quantitative estimate of drug-likeness (QED) is 0.819. The van der Waals surface area contributed by atoms with Crippen LogP contribution in [0.25, 0.3) is 0 Å². The Hall–Kier alpha value is -1.61. The maximum atomic E-state index is 5.77. The van der Waals surface area contributed by atoms with E-state index in [0.29, 0.717) is 17.5 Å². The van der Waals surface area contributed by atoms with Crippen molar-refractivity contribution >= 4 is 11.6 Å². The van der Waals surface area contributed by atoms with Crippen LogP contribution < -0.4 is 4.74 Å². The molecule has 0 aliphatic carbocycles. The molecule has 1 aromatic carbocycles. The minimum absolute atomic E-state index is 0.364. The number of aromatic nitrogens is 2. The Balaban J connectivity index is 1.99. The Labute approximate surface area is 99.1 Å². The molecule has 0 atom stereocenters. The molecule has 0 bridgehead atoms. The number of hydrogen-bond acceptors (Lipinski definition) is 3. The number of rotatable bonds is 3. The highest BCUT2D eigenvalue weighted by Crippen LogP contribution is 2.16. The van der Waals surface area contributed by atoms with Gasteiger partial charge in [0.2, 0.25) is 0 Å². The van der Waals surface area contributed by atoms with Gasteiger partial charge in [0.15, 0.2) is 5.82 Å². The van der Waals surface area contributed by atoms with E-state index < -0.39 is 0 Å². The predicted molar refractivity (Wildman–Crippen MR) is 62.6 cm³/mol. The number of nitrogens with zero attached hydrogens (tertiary/aromatic N) is 2. The summed E-state index contributed by atoms with van der Waals surface area (Å²) in [6.07, 6.45) is 1.73. The molecule has 4 heteroatoms. The van der Waals surface area contributed by atoms with Crippen molar-refractivity contribution in [3.63, 3.8) is 0 Å². The van der Waals surface area contributed by atoms with Gasteiger partial charge in [0, 0.05) is 16.9 Å². The molecule has 0 aliphatic rings. The van der Waals surface area contributed by atoms with E-state index in [-0.39, 0.29) is 0 Å². The van der Waals surface area contributed by atoms with Gasteiger partial charge in [-0.05, 0) is 37.3 Å². The number of hydrogen-bond donors (Lipinski definition) is 0. The highest BCUT2D eigenvalue weighted by Gasteiger charge is 1.98. The molecule has 0 saturated heterocycles. The summed E-state index contributed by atoms with van der Waals surface area (Å²) in [4.78, 5) is 8.35. The number of ether oxygens (including phenoxy) is 1. The minimum atomic E-state index is 0.364. The summed E-state index contributed by atoms with van der Waals surface area (Å²) in [6, 6.07) is 9.06. The van der Waals surface area contributed by atoms with Gasteiger partial charge in [0.05, 0.1) is 0 Å². The van der Waals surface area contributed by atoms with Crippen molar-refractivity contribution in [1.82, 2.24) is 9.97 Å². The van der Waals surface area contributed by atoms with Crippen molar-refractivity contribution in [3.05, 3.63) is 53.1 Å². The van der Waals surface area contributed by atoms with E-state index in [1.165, 1.54) is 0 Å². The first-order chi connectivity index (χ1) is 7.74. The Bertz CT molecular complexity index is 471. The van der Waals surface area contributed by atoms with Crippen LogP contribution in [0.4, 0.5) is 0 Å². The van der Waals surface area contributed by atoms with Crippen LogP contribution in [-0.2, 0) is 6.61 Å². The molecule has 1 aromatic heterocycles. The molecule has 0 unspecified atom stereocenters. The number of halogens is 1. The zero-order chi connectivity index (χ0) is 11.4. The Morgan fingerprint density at radius 3 is 2.62 bits per heavy atom. The summed E-state index contributed by atoms with van der Waals surface area (Å²) in [7, 11) is 0. The second-order valence-electron chi connectivity index (χ2n) is 3.36. The average Bonchev–Trinajstić information content (AvgIpc) is 2.28. The van der Waals surface area contributed by atoms with Crippen molar-refractivity contribution < 1.29 is 4.74 Å². The summed E-state index contributed by atoms with van der Waals surface area (Å²) >= 11 is 5.77. The SMILES string of the molecule is Cc1ccnc(COc2ccc(Cl)cc2)n1. The summed E-state index contributed by atoms with van der Waals surface area (Å²) in [5.41, 5.74) is 0.935. The highest BCUT2D eigenvalue weighted by atomic mass is 35.5. The van der Waals surface area contributed by atoms with Crippen molar-refractivity contribution in [2.75, 3.05) is 0 Å². The fourth-order valence-corrected chi connectivity index (χ4v) is 1.38. The monoisotopic (exact) mass is 234 g/mol. The van der Waals surface area contributed by atoms with Gasteiger partial charge >= 0.3 is 0 Å². The molecule has 16 heavy (non-hydrogen) atoms. The largest absolute Gasteiger partial charge is 0.486 e. The lowest BCUT2D eigenvalue weighted by atomic mass is 10.3. The van der Waals surface area contributed by atoms with Gasteiger partial charge in [-0.1, -0.05) is 11.6 Å². The summed E-state index contributed by atoms with van der Waals surface area (Å²) < 4.78 is 5.52. The van der Waals surface area contributed by atoms with Crippen LogP contribution >= 0.6 is 11.6 Å². The second kappa shape index (κ2) is 4.94. The fraction of sp³-hybridized carbons (Fsp3) is 0.167. The molecule has 2 aromatic rings. The van der Waals surface area contributed by atoms with E-state index in [4.69, 9.17) is 16.3 Å². The van der Waals surface area contributed by atoms with Gasteiger partial charge in [0.1, 0.15) is 12.4 Å². The molecule has 0 spiro atoms. The zero-order valence-electron chi connectivity index (χ0n) is 8.85. The van der Waals surface area contributed by atoms with E-state index >= 15 is 0 Å². The number of benzene rings is 1. The van der Waals surface area contributed by atoms with Crippen LogP contribution in [0.3, 0.4) is 0 Å². The molecule has 0 amide bonds. The smallest absolute Gasteiger partial charge is 0.166 e. The normalized spacial score (nSPS) is 10.1. The molecule has 1 heterocycles. The minimum Gasteiger partial charge on any atom is -0.486 e. The van der Waals surface area contributed by atoms with Crippen LogP contribution in [0.1, 0.15) is 11.5 Å². The van der Waals surface area contributed by atoms with Crippen LogP contribution in [0, 0.1) is 6.92 Å². The molecule has 0 radical (unpaired) electrons. The van der Waals surface area contributed by atoms with Gasteiger partial charge in [0.25, 0.3) is 0 Å². The van der Waals surface area contributed by atoms with Gasteiger partial charge < -0.3 is 4.74 Å². The van der Waals surface area contributed by atoms with E-state index in [0.717, 1.165) is 11.4 Å². The molecule has 0 aliphatic heterocycles. The van der Waals surface area contributed by atoms with E-state index in [1.54, 1.807) is 18.3 Å². The van der Waals surface area contributed by atoms with Crippen LogP contribution in [0.2, 0.25) is 5.02 Å². The lowest BCUT2D eigenvalue weighted by molar-refractivity contribution is 0.295. The Kier molecular flexibility index (Phi) is 3.37. The Morgan fingerprint density at radius 1 is 1.19 bits per heavy atom. The van der Waals surface area contributed by atoms with Gasteiger partial charge in [-0.2, -0.15) is 0 Å². The maximum absolute atomic E-state index is 5.77. The standard InChI is InChI=1S/C12H11ClN2O/c1-9-6-7-14-12(15-9)8-16-11-4-2-10(13)3-5-11/h2-7H,8H2,1H3. The van der Waals surface area contributed by atoms with Crippen molar-refractivity contribution in [2.45, 2.75) is 13.5 Å². The number of aryl methyl sites for hydroxylation is 1. The summed E-state index contributed by atoms with van der Waals surface area (Å²) in [6.45, 7) is 2.29. The predicted octanol–water partition coefficient (Wildman–Crippen LogP) is 3.02. The zero-order valence-corrected chi connectivity index (χ0v) is 9.61. The van der Waals surface area contributed by atoms with Crippen LogP contribution in [0.5, 0.6) is 5.75 Å². The van der Waals surface area contributed by atoms with Crippen LogP contribution in [-0.4, -0.2) is 9.97 Å². The first-order valence-electron chi connectivity index (χ1n) is 4.91. The third-order valence-corrected chi connectivity index (χ3v) is 2.28. The van der Waals surface area contributed by atoms with E-state index in [9.17, 15) is 0 Å². The van der Waals surface area contributed by atoms with E-state index in [2.05, 4.69) is 9.97 Å². The maximum Gasteiger partial charge on any atom is 0.166 e. The Morgan fingerprint density at radius 2 is 1.94 bits per heavy atom. The average molecular weight is 235 g/mol. The lowest BCUT2D eigenvalue weighted by Gasteiger charge is -2.05. The van der Waals surface area contributed by atoms with Crippen molar-refractivity contribution in [3.8, 4) is 5.75 Å². The molecule has 3 nitrogen and oxygen atoms in total. The summed E-state index contributed by atoms with van der Waals surface area (Å²) in [5.74, 6) is 1.43. The topological polar surface area (TPSA) is 35.0 Å². The third kappa shape index (κ3) is 2.94. The first-order valence-corrected chi connectivity index (χ1v) is 5.29. The first kappa shape index (κ1) is 10.9. The third-order valence-electron chi connectivity index (χ3n) is 2.03. The van der Waals surface area contributed by atoms with Crippen molar-refractivity contribution in [1.29, 1.82) is 0 Å². The summed E-state index contributed by atoms with van der Waals surface area (Å²) in [5, 5.41) is 0.694. The van der Waals surface area contributed by atoms with Crippen molar-refractivity contribution in [2.24, 2.45) is 0 Å². The molecule has 0 fully saturated rings. The van der Waals surface area contributed by atoms with E-state index in [1.807, 2.05) is 25.1 Å². The molecule has 82 valence electrons. The highest BCUT2D eigenvalue weighted by molar-refractivity contribution is 6.30. The lowest BCUT2D eigenvalue weighted by Crippen LogP contribution is -2.01. The van der Waals surface area contributed by atoms with Crippen LogP contribution in [0.15, 0.2) is 36.5 Å². The second-order valence-corrected chi connectivity index (χ2v) is 3.79. The molecule has 0 saturated carbocycles. The fourth-order valence-electron chi connectivity index (χ4n) is 1.25. The molecular formula is C12H11ClN2O. The molecule has 2 rings (SSSR count). The van der Waals surface area contributed by atoms with Gasteiger partial charge in [-0.3, -0.25) is 0 Å². The van der Waals surface area contributed by atoms with Gasteiger partial charge in [-0.25, -0.2) is 9.97 Å². The molecule has 0 N–H and O–H groups in total. The molecular weight excluding hydrogens is 224 g/mol.